The van der Waals surface area contributed by atoms with E-state index in [4.69, 9.17) is 0 Å². The van der Waals surface area contributed by atoms with E-state index in [-0.39, 0.29) is 28.7 Å². The van der Waals surface area contributed by atoms with Gasteiger partial charge in [0.2, 0.25) is 5.91 Å². The zero-order valence-corrected chi connectivity index (χ0v) is 18.0. The number of allylic oxidation sites excluding steroid dienone is 2. The summed E-state index contributed by atoms with van der Waals surface area (Å²) in [6, 6.07) is 0.145. The van der Waals surface area contributed by atoms with Crippen molar-refractivity contribution in [3.63, 3.8) is 0 Å². The molecule has 0 spiro atoms. The lowest BCUT2D eigenvalue weighted by Gasteiger charge is -2.58. The molecule has 28 heavy (non-hydrogen) atoms. The van der Waals surface area contributed by atoms with Crippen molar-refractivity contribution in [2.24, 2.45) is 28.6 Å². The van der Waals surface area contributed by atoms with Crippen LogP contribution < -0.4 is 5.32 Å². The van der Waals surface area contributed by atoms with Crippen LogP contribution in [0.4, 0.5) is 0 Å². The third kappa shape index (κ3) is 2.76. The Morgan fingerprint density at radius 2 is 1.93 bits per heavy atom. The van der Waals surface area contributed by atoms with Crippen LogP contribution >= 0.6 is 0 Å². The van der Waals surface area contributed by atoms with Gasteiger partial charge in [0.15, 0.2) is 0 Å². The fraction of sp³-hybridized carbons (Fsp3) is 0.826. The number of hydrogen-bond donors (Lipinski definition) is 2. The molecule has 0 aromatic heterocycles. The van der Waals surface area contributed by atoms with Gasteiger partial charge in [-0.3, -0.25) is 9.59 Å². The second-order valence-electron chi connectivity index (χ2n) is 10.8. The van der Waals surface area contributed by atoms with Gasteiger partial charge >= 0.3 is 0 Å². The first-order valence-electron chi connectivity index (χ1n) is 11.0. The highest BCUT2D eigenvalue weighted by molar-refractivity contribution is 5.84. The molecule has 156 valence electrons. The molecule has 0 aromatic rings. The summed E-state index contributed by atoms with van der Waals surface area (Å²) in [5, 5.41) is 13.2. The zero-order valence-electron chi connectivity index (χ0n) is 18.0. The van der Waals surface area contributed by atoms with Gasteiger partial charge in [0.25, 0.3) is 5.91 Å². The van der Waals surface area contributed by atoms with Crippen LogP contribution in [0.15, 0.2) is 11.8 Å². The number of rotatable bonds is 2. The van der Waals surface area contributed by atoms with Crippen LogP contribution in [0.1, 0.15) is 72.6 Å². The topological polar surface area (TPSA) is 69.6 Å². The number of aliphatic hydroxyl groups is 1. The van der Waals surface area contributed by atoms with Gasteiger partial charge in [0.1, 0.15) is 5.60 Å². The average molecular weight is 389 g/mol. The largest absolute Gasteiger partial charge is 0.381 e. The van der Waals surface area contributed by atoms with Crippen molar-refractivity contribution in [3.8, 4) is 0 Å². The second kappa shape index (κ2) is 6.32. The normalized spacial score (nSPS) is 43.0. The summed E-state index contributed by atoms with van der Waals surface area (Å²) in [5.74, 6) is 1.82. The molecular weight excluding hydrogens is 352 g/mol. The molecule has 4 rings (SSSR count). The predicted molar refractivity (Wildman–Crippen MR) is 108 cm³/mol. The number of nitrogens with one attached hydrogen (secondary N) is 1. The Kier molecular flexibility index (Phi) is 4.50. The minimum atomic E-state index is -1.33. The van der Waals surface area contributed by atoms with Gasteiger partial charge in [-0.15, -0.1) is 0 Å². The first-order valence-corrected chi connectivity index (χ1v) is 11.0. The number of nitrogens with zero attached hydrogens (tertiary/aromatic N) is 1. The van der Waals surface area contributed by atoms with Crippen molar-refractivity contribution in [1.82, 2.24) is 10.2 Å². The van der Waals surface area contributed by atoms with Crippen molar-refractivity contribution in [1.29, 1.82) is 0 Å². The van der Waals surface area contributed by atoms with Gasteiger partial charge in [-0.1, -0.05) is 19.9 Å². The van der Waals surface area contributed by atoms with Gasteiger partial charge in [-0.2, -0.15) is 0 Å². The number of carbonyl (C=O) groups is 2. The Labute approximate surface area is 168 Å². The number of fused-ring (bicyclic) bond motifs is 5. The van der Waals surface area contributed by atoms with Crippen LogP contribution in [-0.4, -0.2) is 40.5 Å². The zero-order chi connectivity index (χ0) is 20.5. The summed E-state index contributed by atoms with van der Waals surface area (Å²) in [6.45, 7) is 7.85. The molecule has 5 nitrogen and oxygen atoms in total. The summed E-state index contributed by atoms with van der Waals surface area (Å²) in [7, 11) is 1.94. The van der Waals surface area contributed by atoms with Crippen molar-refractivity contribution in [2.75, 3.05) is 7.05 Å². The Bertz CT molecular complexity index is 724. The maximum atomic E-state index is 12.4. The molecule has 0 radical (unpaired) electrons. The van der Waals surface area contributed by atoms with E-state index in [2.05, 4.69) is 25.2 Å². The average Bonchev–Trinajstić information content (AvgIpc) is 2.94. The van der Waals surface area contributed by atoms with E-state index in [1.54, 1.807) is 13.8 Å². The molecule has 6 atom stereocenters. The van der Waals surface area contributed by atoms with Gasteiger partial charge < -0.3 is 15.3 Å². The highest BCUT2D eigenvalue weighted by Crippen LogP contribution is 2.64. The van der Waals surface area contributed by atoms with E-state index in [0.29, 0.717) is 24.2 Å². The predicted octanol–water partition coefficient (Wildman–Crippen LogP) is 3.23. The van der Waals surface area contributed by atoms with Crippen LogP contribution in [0.2, 0.25) is 0 Å². The lowest BCUT2D eigenvalue weighted by Crippen LogP contribution is -2.57. The summed E-state index contributed by atoms with van der Waals surface area (Å²) in [6.07, 6.45) is 9.40. The SMILES string of the molecule is CN1C(=O)CC[C@@]2(C)C1=CC[C@@H]1[C@H]2CC[C@]2(C)C(NC(=O)C(C)(C)O)CC[C@@H]12. The second-order valence-corrected chi connectivity index (χ2v) is 10.8. The monoisotopic (exact) mass is 388 g/mol. The Balaban J connectivity index is 1.59. The Hall–Kier alpha value is -1.36. The molecule has 1 saturated heterocycles. The molecule has 4 aliphatic rings. The Morgan fingerprint density at radius 3 is 2.61 bits per heavy atom. The lowest BCUT2D eigenvalue weighted by molar-refractivity contribution is -0.139. The maximum absolute atomic E-state index is 12.4. The van der Waals surface area contributed by atoms with Gasteiger partial charge in [-0.25, -0.2) is 0 Å². The molecule has 1 aliphatic heterocycles. The molecule has 1 heterocycles. The first-order chi connectivity index (χ1) is 13.0. The molecule has 2 amide bonds. The minimum Gasteiger partial charge on any atom is -0.381 e. The minimum absolute atomic E-state index is 0.0974. The third-order valence-electron chi connectivity index (χ3n) is 8.88. The van der Waals surface area contributed by atoms with Gasteiger partial charge in [-0.05, 0) is 75.5 Å². The quantitative estimate of drug-likeness (QED) is 0.763. The maximum Gasteiger partial charge on any atom is 0.251 e. The van der Waals surface area contributed by atoms with Crippen molar-refractivity contribution < 1.29 is 14.7 Å². The molecule has 3 fully saturated rings. The standard InChI is InChI=1S/C23H36N2O3/c1-21(2,28)20(27)24-17-8-7-15-14-6-9-18-23(4,13-11-19(26)25(18)5)16(14)10-12-22(15,17)3/h9,14-17,28H,6-8,10-13H2,1-5H3,(H,24,27)/t14-,15-,16+,17?,22-,23+/m0/s1. The summed E-state index contributed by atoms with van der Waals surface area (Å²) < 4.78 is 0. The number of hydrogen-bond acceptors (Lipinski definition) is 3. The summed E-state index contributed by atoms with van der Waals surface area (Å²) >= 11 is 0. The first kappa shape index (κ1) is 19.9. The van der Waals surface area contributed by atoms with Crippen LogP contribution in [0.25, 0.3) is 0 Å². The number of piperidine rings is 1. The van der Waals surface area contributed by atoms with E-state index < -0.39 is 5.60 Å². The summed E-state index contributed by atoms with van der Waals surface area (Å²) in [5.41, 5.74) is 0.112. The van der Waals surface area contributed by atoms with Crippen LogP contribution in [0.3, 0.4) is 0 Å². The van der Waals surface area contributed by atoms with Crippen molar-refractivity contribution in [3.05, 3.63) is 11.8 Å². The lowest BCUT2D eigenvalue weighted by atomic mass is 9.49. The fourth-order valence-corrected chi connectivity index (χ4v) is 7.15. The third-order valence-corrected chi connectivity index (χ3v) is 8.88. The number of carbonyl (C=O) groups excluding carboxylic acids is 2. The van der Waals surface area contributed by atoms with Gasteiger partial charge in [0.05, 0.1) is 0 Å². The highest BCUT2D eigenvalue weighted by Gasteiger charge is 2.59. The molecule has 5 heteroatoms. The van der Waals surface area contributed by atoms with Crippen LogP contribution in [-0.2, 0) is 9.59 Å². The summed E-state index contributed by atoms with van der Waals surface area (Å²) in [4.78, 5) is 26.6. The van der Waals surface area contributed by atoms with Crippen LogP contribution in [0, 0.1) is 28.6 Å². The van der Waals surface area contributed by atoms with E-state index in [1.165, 1.54) is 5.70 Å². The molecule has 0 bridgehead atoms. The van der Waals surface area contributed by atoms with E-state index in [1.807, 2.05) is 11.9 Å². The van der Waals surface area contributed by atoms with Gasteiger partial charge in [0, 0.05) is 30.6 Å². The van der Waals surface area contributed by atoms with Crippen molar-refractivity contribution >= 4 is 11.8 Å². The van der Waals surface area contributed by atoms with Crippen LogP contribution in [0.5, 0.6) is 0 Å². The molecular formula is C23H36N2O3. The molecule has 1 unspecified atom stereocenters. The smallest absolute Gasteiger partial charge is 0.251 e. The van der Waals surface area contributed by atoms with Crippen molar-refractivity contribution in [2.45, 2.75) is 84.3 Å². The fourth-order valence-electron chi connectivity index (χ4n) is 7.15. The molecule has 2 saturated carbocycles. The number of likely N-dealkylation sites (tertiary alicyclic amines) is 1. The molecule has 0 aromatic carbocycles. The van der Waals surface area contributed by atoms with E-state index in [9.17, 15) is 14.7 Å². The van der Waals surface area contributed by atoms with E-state index in [0.717, 1.165) is 38.5 Å². The Morgan fingerprint density at radius 1 is 1.21 bits per heavy atom. The number of amides is 2. The molecule has 2 N–H and O–H groups in total. The molecule has 3 aliphatic carbocycles. The van der Waals surface area contributed by atoms with E-state index >= 15 is 0 Å². The highest BCUT2D eigenvalue weighted by atomic mass is 16.3.